The van der Waals surface area contributed by atoms with Crippen molar-refractivity contribution in [1.82, 2.24) is 4.90 Å². The minimum absolute atomic E-state index is 0.0234. The number of hydrogen-bond acceptors (Lipinski definition) is 2. The van der Waals surface area contributed by atoms with E-state index in [1.807, 2.05) is 6.92 Å². The molecule has 3 rings (SSSR count). The van der Waals surface area contributed by atoms with Gasteiger partial charge in [-0.15, -0.1) is 0 Å². The smallest absolute Gasteiger partial charge is 0.335 e. The zero-order valence-corrected chi connectivity index (χ0v) is 13.4. The highest BCUT2D eigenvalue weighted by Gasteiger charge is 2.32. The maximum atomic E-state index is 12.8. The highest BCUT2D eigenvalue weighted by molar-refractivity contribution is 6.13. The molecule has 1 aliphatic heterocycles. The Bertz CT molecular complexity index is 846. The molecule has 1 N–H and O–H groups in total. The molecule has 2 aromatic carbocycles. The van der Waals surface area contributed by atoms with Gasteiger partial charge in [0.2, 0.25) is 0 Å². The molecule has 2 aromatic rings. The summed E-state index contributed by atoms with van der Waals surface area (Å²) in [7, 11) is 0. The van der Waals surface area contributed by atoms with Crippen LogP contribution in [0, 0.1) is 0 Å². The minimum atomic E-state index is -4.49. The molecule has 4 nitrogen and oxygen atoms in total. The highest BCUT2D eigenvalue weighted by Crippen LogP contribution is 2.31. The van der Waals surface area contributed by atoms with Crippen LogP contribution in [0.2, 0.25) is 0 Å². The van der Waals surface area contributed by atoms with E-state index < -0.39 is 17.6 Å². The van der Waals surface area contributed by atoms with Crippen LogP contribution in [0.15, 0.2) is 42.5 Å². The van der Waals surface area contributed by atoms with Gasteiger partial charge in [0.15, 0.2) is 0 Å². The van der Waals surface area contributed by atoms with Gasteiger partial charge in [0.1, 0.15) is 0 Å². The van der Waals surface area contributed by atoms with Gasteiger partial charge in [-0.25, -0.2) is 0 Å². The van der Waals surface area contributed by atoms with Crippen LogP contribution in [0.3, 0.4) is 0 Å². The van der Waals surface area contributed by atoms with Crippen LogP contribution in [-0.4, -0.2) is 23.3 Å². The molecule has 0 radical (unpaired) electrons. The quantitative estimate of drug-likeness (QED) is 0.914. The summed E-state index contributed by atoms with van der Waals surface area (Å²) in [6, 6.07) is 9.31. The van der Waals surface area contributed by atoms with E-state index in [2.05, 4.69) is 5.32 Å². The lowest BCUT2D eigenvalue weighted by Crippen LogP contribution is -2.24. The van der Waals surface area contributed by atoms with E-state index in [4.69, 9.17) is 0 Å². The van der Waals surface area contributed by atoms with Crippen LogP contribution < -0.4 is 5.32 Å². The van der Waals surface area contributed by atoms with Crippen LogP contribution in [0.1, 0.15) is 38.8 Å². The monoisotopic (exact) mass is 348 g/mol. The Balaban J connectivity index is 1.90. The normalized spacial score (nSPS) is 13.8. The van der Waals surface area contributed by atoms with Crippen molar-refractivity contribution < 1.29 is 22.8 Å². The van der Waals surface area contributed by atoms with Crippen molar-refractivity contribution in [3.63, 3.8) is 0 Å². The Morgan fingerprint density at radius 3 is 2.60 bits per heavy atom. The van der Waals surface area contributed by atoms with Gasteiger partial charge in [0.25, 0.3) is 11.8 Å². The van der Waals surface area contributed by atoms with Crippen molar-refractivity contribution in [3.05, 3.63) is 64.7 Å². The topological polar surface area (TPSA) is 49.4 Å². The Labute approximate surface area is 142 Å². The third-order valence-corrected chi connectivity index (χ3v) is 4.09. The maximum Gasteiger partial charge on any atom is 0.416 e. The first kappa shape index (κ1) is 17.0. The lowest BCUT2D eigenvalue weighted by molar-refractivity contribution is -0.137. The summed E-state index contributed by atoms with van der Waals surface area (Å²) in [5, 5.41) is 2.44. The standard InChI is InChI=1S/C18H15F3N2O2/c1-2-23-10-11-5-3-8-14(15(11)17(23)25)16(24)22-13-7-4-6-12(9-13)18(19,20)21/h3-9H,2,10H2,1H3,(H,22,24). The molecule has 130 valence electrons. The van der Waals surface area contributed by atoms with Gasteiger partial charge in [0.05, 0.1) is 16.7 Å². The lowest BCUT2D eigenvalue weighted by atomic mass is 10.0. The van der Waals surface area contributed by atoms with Gasteiger partial charge in [-0.3, -0.25) is 9.59 Å². The SMILES string of the molecule is CCN1Cc2cccc(C(=O)Nc3cccc(C(F)(F)F)c3)c2C1=O. The van der Waals surface area contributed by atoms with E-state index in [1.54, 1.807) is 17.0 Å². The minimum Gasteiger partial charge on any atom is -0.335 e. The second kappa shape index (κ2) is 6.23. The Kier molecular flexibility index (Phi) is 4.24. The zero-order valence-electron chi connectivity index (χ0n) is 13.4. The predicted molar refractivity (Wildman–Crippen MR) is 86.3 cm³/mol. The summed E-state index contributed by atoms with van der Waals surface area (Å²) in [4.78, 5) is 26.5. The molecule has 0 aromatic heterocycles. The molecule has 0 aliphatic carbocycles. The molecule has 0 bridgehead atoms. The van der Waals surface area contributed by atoms with Gasteiger partial charge in [-0.05, 0) is 36.8 Å². The van der Waals surface area contributed by atoms with Crippen molar-refractivity contribution in [2.75, 3.05) is 11.9 Å². The van der Waals surface area contributed by atoms with Gasteiger partial charge in [-0.1, -0.05) is 18.2 Å². The summed E-state index contributed by atoms with van der Waals surface area (Å²) in [6.07, 6.45) is -4.49. The molecule has 0 unspecified atom stereocenters. The molecule has 2 amide bonds. The van der Waals surface area contributed by atoms with Crippen molar-refractivity contribution in [1.29, 1.82) is 0 Å². The summed E-state index contributed by atoms with van der Waals surface area (Å²) in [6.45, 7) is 2.78. The van der Waals surface area contributed by atoms with Crippen molar-refractivity contribution >= 4 is 17.5 Å². The number of carbonyl (C=O) groups is 2. The Hall–Kier alpha value is -2.83. The van der Waals surface area contributed by atoms with Gasteiger partial charge in [0, 0.05) is 18.8 Å². The van der Waals surface area contributed by atoms with E-state index >= 15 is 0 Å². The number of fused-ring (bicyclic) bond motifs is 1. The molecule has 7 heteroatoms. The Morgan fingerprint density at radius 1 is 1.20 bits per heavy atom. The van der Waals surface area contributed by atoms with E-state index in [-0.39, 0.29) is 17.2 Å². The summed E-state index contributed by atoms with van der Waals surface area (Å²) in [5.74, 6) is -0.852. The summed E-state index contributed by atoms with van der Waals surface area (Å²) >= 11 is 0. The number of halogens is 3. The molecule has 1 heterocycles. The average Bonchev–Trinajstić information content (AvgIpc) is 2.90. The number of amides is 2. The van der Waals surface area contributed by atoms with Gasteiger partial charge in [-0.2, -0.15) is 13.2 Å². The third kappa shape index (κ3) is 3.22. The van der Waals surface area contributed by atoms with E-state index in [9.17, 15) is 22.8 Å². The number of nitrogens with one attached hydrogen (secondary N) is 1. The van der Waals surface area contributed by atoms with Gasteiger partial charge >= 0.3 is 6.18 Å². The molecule has 25 heavy (non-hydrogen) atoms. The fourth-order valence-electron chi connectivity index (χ4n) is 2.84. The molecule has 0 saturated heterocycles. The molecule has 0 saturated carbocycles. The lowest BCUT2D eigenvalue weighted by Gasteiger charge is -2.12. The number of benzene rings is 2. The number of nitrogens with zero attached hydrogens (tertiary/aromatic N) is 1. The number of rotatable bonds is 3. The van der Waals surface area contributed by atoms with Crippen LogP contribution in [-0.2, 0) is 12.7 Å². The number of anilines is 1. The number of hydrogen-bond donors (Lipinski definition) is 1. The molecular weight excluding hydrogens is 333 g/mol. The first-order valence-corrected chi connectivity index (χ1v) is 7.71. The van der Waals surface area contributed by atoms with Crippen LogP contribution in [0.25, 0.3) is 0 Å². The zero-order chi connectivity index (χ0) is 18.2. The first-order valence-electron chi connectivity index (χ1n) is 7.71. The van der Waals surface area contributed by atoms with Crippen LogP contribution >= 0.6 is 0 Å². The van der Waals surface area contributed by atoms with Crippen molar-refractivity contribution in [2.24, 2.45) is 0 Å². The summed E-state index contributed by atoms with van der Waals surface area (Å²) in [5.41, 5.74) is 0.389. The second-order valence-electron chi connectivity index (χ2n) is 5.69. The number of alkyl halides is 3. The largest absolute Gasteiger partial charge is 0.416 e. The van der Waals surface area contributed by atoms with Crippen LogP contribution in [0.4, 0.5) is 18.9 Å². The molecule has 0 fully saturated rings. The Morgan fingerprint density at radius 2 is 1.92 bits per heavy atom. The molecule has 0 spiro atoms. The van der Waals surface area contributed by atoms with E-state index in [0.717, 1.165) is 17.7 Å². The van der Waals surface area contributed by atoms with E-state index in [1.165, 1.54) is 18.2 Å². The van der Waals surface area contributed by atoms with Crippen molar-refractivity contribution in [2.45, 2.75) is 19.6 Å². The van der Waals surface area contributed by atoms with Gasteiger partial charge < -0.3 is 10.2 Å². The highest BCUT2D eigenvalue weighted by atomic mass is 19.4. The van der Waals surface area contributed by atoms with Crippen LogP contribution in [0.5, 0.6) is 0 Å². The molecule has 0 atom stereocenters. The maximum absolute atomic E-state index is 12.8. The fraction of sp³-hybridized carbons (Fsp3) is 0.222. The fourth-order valence-corrected chi connectivity index (χ4v) is 2.84. The molecule has 1 aliphatic rings. The van der Waals surface area contributed by atoms with E-state index in [0.29, 0.717) is 18.7 Å². The average molecular weight is 348 g/mol. The number of carbonyl (C=O) groups excluding carboxylic acids is 2. The first-order chi connectivity index (χ1) is 11.8. The summed E-state index contributed by atoms with van der Waals surface area (Å²) < 4.78 is 38.3. The second-order valence-corrected chi connectivity index (χ2v) is 5.69. The predicted octanol–water partition coefficient (Wildman–Crippen LogP) is 3.93. The molecular formula is C18H15F3N2O2. The third-order valence-electron chi connectivity index (χ3n) is 4.09. The van der Waals surface area contributed by atoms with Crippen molar-refractivity contribution in [3.8, 4) is 0 Å².